The third kappa shape index (κ3) is 1.89. The summed E-state index contributed by atoms with van der Waals surface area (Å²) >= 11 is 7.39. The number of hydrogen-bond acceptors (Lipinski definition) is 1. The molecule has 0 spiro atoms. The molecule has 0 radical (unpaired) electrons. The first-order valence-electron chi connectivity index (χ1n) is 2.90. The van der Waals surface area contributed by atoms with Crippen LogP contribution >= 0.6 is 28.6 Å². The lowest BCUT2D eigenvalue weighted by Gasteiger charge is -1.94. The second-order valence-electron chi connectivity index (χ2n) is 1.84. The summed E-state index contributed by atoms with van der Waals surface area (Å²) in [7, 11) is 0. The standard InChI is InChI=1S/C8H7BrS/c9-8-4-2-1-3-7(8)5-6-10/h1-6,10H/b6-5-. The van der Waals surface area contributed by atoms with Crippen LogP contribution in [0.25, 0.3) is 6.08 Å². The molecule has 0 aliphatic heterocycles. The minimum atomic E-state index is 1.10. The third-order valence-electron chi connectivity index (χ3n) is 1.16. The molecule has 0 saturated carbocycles. The van der Waals surface area contributed by atoms with Gasteiger partial charge in [0.1, 0.15) is 0 Å². The lowest BCUT2D eigenvalue weighted by atomic mass is 10.2. The first kappa shape index (κ1) is 7.89. The second-order valence-corrected chi connectivity index (χ2v) is 2.99. The van der Waals surface area contributed by atoms with Crippen molar-refractivity contribution in [3.05, 3.63) is 39.7 Å². The number of benzene rings is 1. The van der Waals surface area contributed by atoms with E-state index in [4.69, 9.17) is 0 Å². The fourth-order valence-electron chi connectivity index (χ4n) is 0.691. The van der Waals surface area contributed by atoms with Crippen LogP contribution < -0.4 is 0 Å². The summed E-state index contributed by atoms with van der Waals surface area (Å²) in [6.07, 6.45) is 1.94. The Hall–Kier alpha value is -0.210. The van der Waals surface area contributed by atoms with Crippen molar-refractivity contribution in [2.75, 3.05) is 0 Å². The molecule has 0 N–H and O–H groups in total. The van der Waals surface area contributed by atoms with Crippen LogP contribution in [-0.4, -0.2) is 0 Å². The van der Waals surface area contributed by atoms with Crippen LogP contribution in [0.15, 0.2) is 34.1 Å². The van der Waals surface area contributed by atoms with Crippen LogP contribution in [0.4, 0.5) is 0 Å². The molecule has 0 heterocycles. The molecule has 2 heteroatoms. The maximum absolute atomic E-state index is 3.98. The Morgan fingerprint density at radius 1 is 1.30 bits per heavy atom. The van der Waals surface area contributed by atoms with Gasteiger partial charge in [-0.25, -0.2) is 0 Å². The van der Waals surface area contributed by atoms with E-state index in [0.29, 0.717) is 0 Å². The summed E-state index contributed by atoms with van der Waals surface area (Å²) < 4.78 is 1.10. The molecule has 0 aliphatic carbocycles. The molecule has 1 aromatic carbocycles. The molecule has 0 unspecified atom stereocenters. The summed E-state index contributed by atoms with van der Waals surface area (Å²) in [6, 6.07) is 8.01. The van der Waals surface area contributed by atoms with Gasteiger partial charge in [-0.05, 0) is 23.1 Å². The van der Waals surface area contributed by atoms with Crippen LogP contribution in [0.5, 0.6) is 0 Å². The Labute approximate surface area is 74.5 Å². The van der Waals surface area contributed by atoms with Crippen LogP contribution in [0.1, 0.15) is 5.56 Å². The van der Waals surface area contributed by atoms with Gasteiger partial charge in [0, 0.05) is 4.47 Å². The maximum Gasteiger partial charge on any atom is 0.0247 e. The fraction of sp³-hybridized carbons (Fsp3) is 0. The van der Waals surface area contributed by atoms with Crippen molar-refractivity contribution in [3.63, 3.8) is 0 Å². The van der Waals surface area contributed by atoms with E-state index >= 15 is 0 Å². The number of rotatable bonds is 1. The van der Waals surface area contributed by atoms with Crippen molar-refractivity contribution < 1.29 is 0 Å². The quantitative estimate of drug-likeness (QED) is 0.682. The Kier molecular flexibility index (Phi) is 3.03. The van der Waals surface area contributed by atoms with Crippen molar-refractivity contribution in [2.24, 2.45) is 0 Å². The highest BCUT2D eigenvalue weighted by atomic mass is 79.9. The summed E-state index contributed by atoms with van der Waals surface area (Å²) in [4.78, 5) is 0. The first-order valence-corrected chi connectivity index (χ1v) is 4.21. The molecule has 0 aromatic heterocycles. The van der Waals surface area contributed by atoms with Crippen LogP contribution in [0, 0.1) is 0 Å². The molecular formula is C8H7BrS. The second kappa shape index (κ2) is 3.84. The number of thiol groups is 1. The van der Waals surface area contributed by atoms with Gasteiger partial charge >= 0.3 is 0 Å². The number of hydrogen-bond donors (Lipinski definition) is 1. The summed E-state index contributed by atoms with van der Waals surface area (Å²) in [5.41, 5.74) is 1.15. The predicted molar refractivity (Wildman–Crippen MR) is 52.2 cm³/mol. The van der Waals surface area contributed by atoms with Crippen molar-refractivity contribution in [1.82, 2.24) is 0 Å². The van der Waals surface area contributed by atoms with E-state index in [-0.39, 0.29) is 0 Å². The minimum absolute atomic E-state index is 1.10. The molecule has 0 aliphatic rings. The van der Waals surface area contributed by atoms with Gasteiger partial charge in [0.15, 0.2) is 0 Å². The molecular weight excluding hydrogens is 208 g/mol. The lowest BCUT2D eigenvalue weighted by Crippen LogP contribution is -1.71. The van der Waals surface area contributed by atoms with E-state index in [1.165, 1.54) is 0 Å². The van der Waals surface area contributed by atoms with E-state index in [9.17, 15) is 0 Å². The summed E-state index contributed by atoms with van der Waals surface area (Å²) in [5, 5.41) is 1.72. The molecule has 0 atom stereocenters. The molecule has 0 nitrogen and oxygen atoms in total. The Bertz CT molecular complexity index is 243. The monoisotopic (exact) mass is 214 g/mol. The molecule has 10 heavy (non-hydrogen) atoms. The first-order chi connectivity index (χ1) is 4.84. The van der Waals surface area contributed by atoms with E-state index < -0.39 is 0 Å². The van der Waals surface area contributed by atoms with E-state index in [1.807, 2.05) is 30.3 Å². The topological polar surface area (TPSA) is 0 Å². The molecule has 0 amide bonds. The SMILES string of the molecule is S/C=C\c1ccccc1Br. The molecule has 1 aromatic rings. The third-order valence-corrected chi connectivity index (χ3v) is 2.03. The van der Waals surface area contributed by atoms with Crippen molar-refractivity contribution in [3.8, 4) is 0 Å². The van der Waals surface area contributed by atoms with Gasteiger partial charge in [-0.1, -0.05) is 34.1 Å². The molecule has 0 fully saturated rings. The van der Waals surface area contributed by atoms with Crippen molar-refractivity contribution in [2.45, 2.75) is 0 Å². The average molecular weight is 215 g/mol. The fourth-order valence-corrected chi connectivity index (χ4v) is 1.27. The van der Waals surface area contributed by atoms with Crippen LogP contribution in [0.2, 0.25) is 0 Å². The van der Waals surface area contributed by atoms with E-state index in [0.717, 1.165) is 10.0 Å². The maximum atomic E-state index is 3.98. The highest BCUT2D eigenvalue weighted by molar-refractivity contribution is 9.10. The Morgan fingerprint density at radius 2 is 2.00 bits per heavy atom. The smallest absolute Gasteiger partial charge is 0.0247 e. The van der Waals surface area contributed by atoms with Gasteiger partial charge < -0.3 is 0 Å². The average Bonchev–Trinajstić information content (AvgIpc) is 1.94. The molecule has 0 saturated heterocycles. The van der Waals surface area contributed by atoms with Gasteiger partial charge in [-0.3, -0.25) is 0 Å². The van der Waals surface area contributed by atoms with Crippen LogP contribution in [0.3, 0.4) is 0 Å². The molecule has 0 bridgehead atoms. The summed E-state index contributed by atoms with van der Waals surface area (Å²) in [5.74, 6) is 0. The molecule has 1 rings (SSSR count). The van der Waals surface area contributed by atoms with E-state index in [1.54, 1.807) is 5.41 Å². The number of halogens is 1. The lowest BCUT2D eigenvalue weighted by molar-refractivity contribution is 1.61. The van der Waals surface area contributed by atoms with Gasteiger partial charge in [0.25, 0.3) is 0 Å². The largest absolute Gasteiger partial charge is 0.151 e. The van der Waals surface area contributed by atoms with Gasteiger partial charge in [-0.15, -0.1) is 0 Å². The highest BCUT2D eigenvalue weighted by Gasteiger charge is 1.89. The van der Waals surface area contributed by atoms with Gasteiger partial charge in [0.05, 0.1) is 0 Å². The van der Waals surface area contributed by atoms with Gasteiger partial charge in [0.2, 0.25) is 0 Å². The predicted octanol–water partition coefficient (Wildman–Crippen LogP) is 3.35. The zero-order valence-electron chi connectivity index (χ0n) is 5.29. The molecule has 52 valence electrons. The summed E-state index contributed by atoms with van der Waals surface area (Å²) in [6.45, 7) is 0. The van der Waals surface area contributed by atoms with E-state index in [2.05, 4.69) is 28.6 Å². The van der Waals surface area contributed by atoms with Crippen molar-refractivity contribution >= 4 is 34.6 Å². The zero-order valence-corrected chi connectivity index (χ0v) is 7.77. The Balaban J connectivity index is 3.03. The zero-order chi connectivity index (χ0) is 7.40. The normalized spacial score (nSPS) is 10.6. The van der Waals surface area contributed by atoms with Crippen molar-refractivity contribution in [1.29, 1.82) is 0 Å². The Morgan fingerprint density at radius 3 is 2.60 bits per heavy atom. The highest BCUT2D eigenvalue weighted by Crippen LogP contribution is 2.16. The van der Waals surface area contributed by atoms with Gasteiger partial charge in [-0.2, -0.15) is 12.6 Å². The van der Waals surface area contributed by atoms with Crippen LogP contribution in [-0.2, 0) is 0 Å². The minimum Gasteiger partial charge on any atom is -0.151 e.